The Morgan fingerprint density at radius 3 is 2.40 bits per heavy atom. The third-order valence-corrected chi connectivity index (χ3v) is 5.61. The molecule has 0 unspecified atom stereocenters. The molecule has 0 amide bonds. The average Bonchev–Trinajstić information content (AvgIpc) is 2.76. The first-order valence-corrected chi connectivity index (χ1v) is 10.2. The van der Waals surface area contributed by atoms with Crippen LogP contribution in [0.1, 0.15) is 5.56 Å². The van der Waals surface area contributed by atoms with Crippen LogP contribution in [0.5, 0.6) is 0 Å². The number of rotatable bonds is 8. The quantitative estimate of drug-likeness (QED) is 0.644. The van der Waals surface area contributed by atoms with Gasteiger partial charge in [-0.3, -0.25) is 0 Å². The van der Waals surface area contributed by atoms with Crippen LogP contribution in [-0.2, 0) is 16.1 Å². The first-order valence-electron chi connectivity index (χ1n) is 10.2. The number of benzene rings is 1. The first kappa shape index (κ1) is 20.8. The summed E-state index contributed by atoms with van der Waals surface area (Å²) in [6, 6.07) is 5.16. The normalized spacial score (nSPS) is 17.4. The van der Waals surface area contributed by atoms with Gasteiger partial charge in [0.15, 0.2) is 5.82 Å². The van der Waals surface area contributed by atoms with Gasteiger partial charge >= 0.3 is 0 Å². The smallest absolute Gasteiger partial charge is 0.225 e. The summed E-state index contributed by atoms with van der Waals surface area (Å²) in [7, 11) is 1.67. The van der Waals surface area contributed by atoms with Crippen molar-refractivity contribution in [2.45, 2.75) is 12.7 Å². The Kier molecular flexibility index (Phi) is 6.61. The molecule has 1 aromatic carbocycles. The lowest BCUT2D eigenvalue weighted by molar-refractivity contribution is 0.00350. The summed E-state index contributed by atoms with van der Waals surface area (Å²) in [5.74, 6) is 0.382. The Morgan fingerprint density at radius 1 is 1.03 bits per heavy atom. The van der Waals surface area contributed by atoms with Gasteiger partial charge in [-0.1, -0.05) is 12.1 Å². The van der Waals surface area contributed by atoms with E-state index in [0.717, 1.165) is 31.9 Å². The molecule has 2 aliphatic rings. The number of aromatic nitrogens is 2. The lowest BCUT2D eigenvalue weighted by Crippen LogP contribution is -2.53. The molecule has 1 aromatic heterocycles. The largest absolute Gasteiger partial charge is 0.392 e. The van der Waals surface area contributed by atoms with E-state index in [-0.39, 0.29) is 18.5 Å². The standard InChI is InChI=1S/C21H28FN5O3/c1-29-9-10-30-18-13-27(14-18)21-23-11-17(12-24-21)25-5-7-26(8-6-25)19-4-2-3-16(15-28)20(19)22/h2-4,11-12,18,28H,5-10,13-15H2,1H3. The molecule has 2 saturated heterocycles. The van der Waals surface area contributed by atoms with Crippen molar-refractivity contribution in [3.05, 3.63) is 42.0 Å². The van der Waals surface area contributed by atoms with E-state index in [1.807, 2.05) is 17.3 Å². The molecule has 4 rings (SSSR count). The lowest BCUT2D eigenvalue weighted by atomic mass is 10.1. The second kappa shape index (κ2) is 9.55. The number of hydrogen-bond acceptors (Lipinski definition) is 8. The van der Waals surface area contributed by atoms with Crippen LogP contribution in [0.2, 0.25) is 0 Å². The van der Waals surface area contributed by atoms with Crippen LogP contribution < -0.4 is 14.7 Å². The molecule has 0 bridgehead atoms. The molecular weight excluding hydrogens is 389 g/mol. The number of piperazine rings is 1. The summed E-state index contributed by atoms with van der Waals surface area (Å²) in [5.41, 5.74) is 1.85. The van der Waals surface area contributed by atoms with E-state index in [1.165, 1.54) is 0 Å². The van der Waals surface area contributed by atoms with Crippen molar-refractivity contribution >= 4 is 17.3 Å². The minimum atomic E-state index is -0.333. The molecule has 2 aliphatic heterocycles. The van der Waals surface area contributed by atoms with Crippen LogP contribution in [0.25, 0.3) is 0 Å². The van der Waals surface area contributed by atoms with Crippen molar-refractivity contribution in [3.63, 3.8) is 0 Å². The van der Waals surface area contributed by atoms with Gasteiger partial charge in [0.05, 0.1) is 49.7 Å². The number of ether oxygens (including phenoxy) is 2. The summed E-state index contributed by atoms with van der Waals surface area (Å²) in [4.78, 5) is 15.3. The zero-order valence-corrected chi connectivity index (χ0v) is 17.2. The summed E-state index contributed by atoms with van der Waals surface area (Å²) < 4.78 is 25.2. The van der Waals surface area contributed by atoms with E-state index in [4.69, 9.17) is 9.47 Å². The highest BCUT2D eigenvalue weighted by Gasteiger charge is 2.29. The average molecular weight is 417 g/mol. The summed E-state index contributed by atoms with van der Waals surface area (Å²) in [6.45, 7) is 5.40. The van der Waals surface area contributed by atoms with Crippen LogP contribution in [0, 0.1) is 5.82 Å². The highest BCUT2D eigenvalue weighted by atomic mass is 19.1. The van der Waals surface area contributed by atoms with Crippen LogP contribution in [0.4, 0.5) is 21.7 Å². The fourth-order valence-corrected chi connectivity index (χ4v) is 3.78. The predicted octanol–water partition coefficient (Wildman–Crippen LogP) is 1.29. The van der Waals surface area contributed by atoms with Crippen molar-refractivity contribution < 1.29 is 19.0 Å². The maximum Gasteiger partial charge on any atom is 0.225 e. The number of hydrogen-bond donors (Lipinski definition) is 1. The number of aliphatic hydroxyl groups is 1. The predicted molar refractivity (Wildman–Crippen MR) is 113 cm³/mol. The molecule has 0 aliphatic carbocycles. The summed E-state index contributed by atoms with van der Waals surface area (Å²) >= 11 is 0. The molecule has 9 heteroatoms. The molecule has 2 aromatic rings. The molecular formula is C21H28FN5O3. The highest BCUT2D eigenvalue weighted by Crippen LogP contribution is 2.25. The number of methoxy groups -OCH3 is 1. The van der Waals surface area contributed by atoms with Gasteiger partial charge < -0.3 is 29.3 Å². The molecule has 0 saturated carbocycles. The SMILES string of the molecule is COCCOC1CN(c2ncc(N3CCN(c4cccc(CO)c4F)CC3)cn2)C1. The monoisotopic (exact) mass is 417 g/mol. The Morgan fingerprint density at radius 2 is 1.73 bits per heavy atom. The van der Waals surface area contributed by atoms with Gasteiger partial charge in [-0.15, -0.1) is 0 Å². The number of aliphatic hydroxyl groups excluding tert-OH is 1. The molecule has 0 atom stereocenters. The molecule has 0 spiro atoms. The van der Waals surface area contributed by atoms with Crippen molar-refractivity contribution in [3.8, 4) is 0 Å². The van der Waals surface area contributed by atoms with Crippen LogP contribution >= 0.6 is 0 Å². The lowest BCUT2D eigenvalue weighted by Gasteiger charge is -2.39. The minimum Gasteiger partial charge on any atom is -0.392 e. The van der Waals surface area contributed by atoms with Crippen LogP contribution in [0.3, 0.4) is 0 Å². The zero-order chi connectivity index (χ0) is 20.9. The maximum atomic E-state index is 14.5. The Labute approximate surface area is 175 Å². The Hall–Kier alpha value is -2.49. The number of anilines is 3. The molecule has 2 fully saturated rings. The Balaban J connectivity index is 1.29. The maximum absolute atomic E-state index is 14.5. The van der Waals surface area contributed by atoms with Gasteiger partial charge in [-0.05, 0) is 6.07 Å². The third-order valence-electron chi connectivity index (χ3n) is 5.61. The fraction of sp³-hybridized carbons (Fsp3) is 0.524. The second-order valence-corrected chi connectivity index (χ2v) is 7.51. The van der Waals surface area contributed by atoms with E-state index < -0.39 is 0 Å². The van der Waals surface area contributed by atoms with Crippen LogP contribution in [0.15, 0.2) is 30.6 Å². The fourth-order valence-electron chi connectivity index (χ4n) is 3.78. The zero-order valence-electron chi connectivity index (χ0n) is 17.2. The Bertz CT molecular complexity index is 824. The van der Waals surface area contributed by atoms with Crippen LogP contribution in [-0.4, -0.2) is 80.8 Å². The molecule has 8 nitrogen and oxygen atoms in total. The summed E-state index contributed by atoms with van der Waals surface area (Å²) in [5, 5.41) is 9.28. The van der Waals surface area contributed by atoms with Gasteiger partial charge in [0, 0.05) is 51.9 Å². The summed E-state index contributed by atoms with van der Waals surface area (Å²) in [6.07, 6.45) is 3.91. The van der Waals surface area contributed by atoms with Crippen molar-refractivity contribution in [2.75, 3.05) is 74.3 Å². The first-order chi connectivity index (χ1) is 14.7. The molecule has 1 N–H and O–H groups in total. The van der Waals surface area contributed by atoms with E-state index in [2.05, 4.69) is 19.8 Å². The topological polar surface area (TPSA) is 74.2 Å². The van der Waals surface area contributed by atoms with E-state index in [1.54, 1.807) is 25.3 Å². The van der Waals surface area contributed by atoms with E-state index in [9.17, 15) is 9.50 Å². The number of halogens is 1. The van der Waals surface area contributed by atoms with Crippen molar-refractivity contribution in [1.29, 1.82) is 0 Å². The van der Waals surface area contributed by atoms with Gasteiger partial charge in [-0.25, -0.2) is 14.4 Å². The second-order valence-electron chi connectivity index (χ2n) is 7.51. The number of nitrogens with zero attached hydrogens (tertiary/aromatic N) is 5. The molecule has 30 heavy (non-hydrogen) atoms. The van der Waals surface area contributed by atoms with Gasteiger partial charge in [-0.2, -0.15) is 0 Å². The van der Waals surface area contributed by atoms with Gasteiger partial charge in [0.1, 0.15) is 0 Å². The van der Waals surface area contributed by atoms with Crippen molar-refractivity contribution in [1.82, 2.24) is 9.97 Å². The third kappa shape index (κ3) is 4.48. The van der Waals surface area contributed by atoms with Gasteiger partial charge in [0.2, 0.25) is 5.95 Å². The minimum absolute atomic E-state index is 0.209. The molecule has 162 valence electrons. The van der Waals surface area contributed by atoms with Gasteiger partial charge in [0.25, 0.3) is 0 Å². The molecule has 3 heterocycles. The van der Waals surface area contributed by atoms with Crippen molar-refractivity contribution in [2.24, 2.45) is 0 Å². The molecule has 0 radical (unpaired) electrons. The van der Waals surface area contributed by atoms with E-state index in [0.29, 0.717) is 43.5 Å². The highest BCUT2D eigenvalue weighted by molar-refractivity contribution is 5.53. The van der Waals surface area contributed by atoms with E-state index >= 15 is 0 Å².